The number of hydrogen-bond donors (Lipinski definition) is 1. The minimum Gasteiger partial charge on any atom is -0.508 e. The van der Waals surface area contributed by atoms with E-state index in [2.05, 4.69) is 6.55 Å². The first-order valence-electron chi connectivity index (χ1n) is 4.03. The van der Waals surface area contributed by atoms with E-state index < -0.39 is 9.04 Å². The molecule has 0 spiro atoms. The molecule has 0 saturated heterocycles. The van der Waals surface area contributed by atoms with E-state index in [0.29, 0.717) is 5.75 Å². The Balaban J connectivity index is 2.58. The third-order valence-electron chi connectivity index (χ3n) is 1.86. The lowest BCUT2D eigenvalue weighted by Crippen LogP contribution is -2.15. The summed E-state index contributed by atoms with van der Waals surface area (Å²) in [5.41, 5.74) is 1.27. The first kappa shape index (κ1) is 9.50. The van der Waals surface area contributed by atoms with Gasteiger partial charge in [-0.25, -0.2) is 0 Å². The summed E-state index contributed by atoms with van der Waals surface area (Å²) in [5, 5.41) is 9.03. The highest BCUT2D eigenvalue weighted by atomic mass is 28.3. The van der Waals surface area contributed by atoms with Crippen molar-refractivity contribution < 1.29 is 9.22 Å². The second-order valence-electron chi connectivity index (χ2n) is 2.92. The molecule has 0 bridgehead atoms. The summed E-state index contributed by atoms with van der Waals surface area (Å²) in [6, 6.07) is 8.43. The molecule has 0 amide bonds. The van der Waals surface area contributed by atoms with Crippen LogP contribution in [0.1, 0.15) is 5.56 Å². The normalized spacial score (nSPS) is 13.1. The van der Waals surface area contributed by atoms with E-state index in [1.165, 1.54) is 5.56 Å². The topological polar surface area (TPSA) is 29.5 Å². The Morgan fingerprint density at radius 3 is 2.50 bits per heavy atom. The van der Waals surface area contributed by atoms with Gasteiger partial charge in [-0.1, -0.05) is 12.1 Å². The molecule has 0 radical (unpaired) electrons. The van der Waals surface area contributed by atoms with Crippen LogP contribution in [0.4, 0.5) is 0 Å². The summed E-state index contributed by atoms with van der Waals surface area (Å²) in [6.45, 7) is 2.19. The van der Waals surface area contributed by atoms with Gasteiger partial charge in [0.2, 0.25) is 0 Å². The second kappa shape index (κ2) is 4.44. The van der Waals surface area contributed by atoms with Crippen molar-refractivity contribution in [3.8, 4) is 5.75 Å². The van der Waals surface area contributed by atoms with Gasteiger partial charge >= 0.3 is 0 Å². The Morgan fingerprint density at radius 1 is 1.42 bits per heavy atom. The molecule has 4 heteroatoms. The molecular weight excluding hydrogens is 184 g/mol. The lowest BCUT2D eigenvalue weighted by Gasteiger charge is -2.07. The lowest BCUT2D eigenvalue weighted by atomic mass is 10.2. The molecule has 1 atom stereocenters. The minimum absolute atomic E-state index is 0.333. The Hall–Kier alpha value is -0.586. The second-order valence-corrected chi connectivity index (χ2v) is 6.83. The Bertz CT molecular complexity index is 235. The van der Waals surface area contributed by atoms with Gasteiger partial charge in [0, 0.05) is 0 Å². The predicted molar refractivity (Wildman–Crippen MR) is 55.8 cm³/mol. The quantitative estimate of drug-likeness (QED) is 0.699. The smallest absolute Gasteiger partial charge is 0.163 e. The summed E-state index contributed by atoms with van der Waals surface area (Å²) in [4.78, 5) is 0. The van der Waals surface area contributed by atoms with Gasteiger partial charge in [0.1, 0.15) is 16.2 Å². The number of aromatic hydroxyl groups is 1. The number of hydrogen-bond acceptors (Lipinski definition) is 2. The molecule has 0 heterocycles. The van der Waals surface area contributed by atoms with Crippen LogP contribution in [0, 0.1) is 0 Å². The van der Waals surface area contributed by atoms with Gasteiger partial charge in [0.15, 0.2) is 9.04 Å². The molecule has 0 saturated carbocycles. The first-order chi connectivity index (χ1) is 5.72. The lowest BCUT2D eigenvalue weighted by molar-refractivity contribution is 0.475. The summed E-state index contributed by atoms with van der Waals surface area (Å²) >= 11 is 0. The fourth-order valence-electron chi connectivity index (χ4n) is 1.05. The van der Waals surface area contributed by atoms with Crippen LogP contribution in [0.3, 0.4) is 0 Å². The Labute approximate surface area is 77.5 Å². The van der Waals surface area contributed by atoms with Crippen molar-refractivity contribution in [1.29, 1.82) is 0 Å². The van der Waals surface area contributed by atoms with Crippen molar-refractivity contribution in [2.24, 2.45) is 0 Å². The molecule has 1 unspecified atom stereocenters. The van der Waals surface area contributed by atoms with E-state index in [1.54, 1.807) is 12.1 Å². The largest absolute Gasteiger partial charge is 0.508 e. The summed E-state index contributed by atoms with van der Waals surface area (Å²) in [7, 11) is -0.0993. The third-order valence-corrected chi connectivity index (χ3v) is 6.13. The zero-order valence-corrected chi connectivity index (χ0v) is 10.6. The maximum absolute atomic E-state index is 9.03. The molecule has 1 rings (SSSR count). The summed E-state index contributed by atoms with van der Waals surface area (Å²) in [5.74, 6) is 0.333. The molecule has 0 aliphatic rings. The van der Waals surface area contributed by atoms with Gasteiger partial charge in [0.05, 0.1) is 0 Å². The molecule has 2 nitrogen and oxygen atoms in total. The van der Waals surface area contributed by atoms with Crippen LogP contribution in [-0.2, 0) is 10.2 Å². The van der Waals surface area contributed by atoms with Crippen LogP contribution in [0.25, 0.3) is 0 Å². The van der Waals surface area contributed by atoms with Crippen LogP contribution < -0.4 is 0 Å². The van der Waals surface area contributed by atoms with Gasteiger partial charge in [-0.05, 0) is 30.3 Å². The summed E-state index contributed by atoms with van der Waals surface area (Å²) in [6.07, 6.45) is 0. The highest BCUT2D eigenvalue weighted by Crippen LogP contribution is 2.10. The van der Waals surface area contributed by atoms with E-state index in [-0.39, 0.29) is 0 Å². The number of rotatable bonds is 3. The summed E-state index contributed by atoms with van der Waals surface area (Å²) < 4.78 is 5.40. The van der Waals surface area contributed by atoms with Gasteiger partial charge < -0.3 is 9.22 Å². The van der Waals surface area contributed by atoms with Crippen LogP contribution >= 0.6 is 0 Å². The highest BCUT2D eigenvalue weighted by Gasteiger charge is 2.02. The van der Waals surface area contributed by atoms with Crippen LogP contribution in [0.15, 0.2) is 24.3 Å². The van der Waals surface area contributed by atoms with E-state index in [0.717, 1.165) is 16.5 Å². The number of phenolic OH excluding ortho intramolecular Hbond substituents is 1. The minimum atomic E-state index is -0.944. The van der Waals surface area contributed by atoms with Crippen molar-refractivity contribution in [3.63, 3.8) is 0 Å². The van der Waals surface area contributed by atoms with Crippen molar-refractivity contribution in [3.05, 3.63) is 29.8 Å². The van der Waals surface area contributed by atoms with E-state index in [4.69, 9.17) is 9.22 Å². The third kappa shape index (κ3) is 2.80. The molecular formula is C8H14O2Si2. The van der Waals surface area contributed by atoms with Crippen LogP contribution in [0.5, 0.6) is 5.75 Å². The Kier molecular flexibility index (Phi) is 3.52. The van der Waals surface area contributed by atoms with Crippen LogP contribution in [0.2, 0.25) is 6.55 Å². The Morgan fingerprint density at radius 2 is 2.00 bits per heavy atom. The van der Waals surface area contributed by atoms with Crippen molar-refractivity contribution in [2.75, 3.05) is 0 Å². The van der Waals surface area contributed by atoms with E-state index in [1.807, 2.05) is 12.1 Å². The van der Waals surface area contributed by atoms with Gasteiger partial charge in [0.25, 0.3) is 0 Å². The fourth-order valence-corrected chi connectivity index (χ4v) is 2.65. The predicted octanol–water partition coefficient (Wildman–Crippen LogP) is 0.124. The SMILES string of the molecule is C[SiH](Cc1ccc(O)cc1)O[SiH3]. The fraction of sp³-hybridized carbons (Fsp3) is 0.250. The molecule has 0 aliphatic carbocycles. The monoisotopic (exact) mass is 198 g/mol. The van der Waals surface area contributed by atoms with E-state index in [9.17, 15) is 0 Å². The van der Waals surface area contributed by atoms with Crippen molar-refractivity contribution in [1.82, 2.24) is 0 Å². The molecule has 1 N–H and O–H groups in total. The molecule has 66 valence electrons. The molecule has 0 aromatic heterocycles. The average Bonchev–Trinajstić information content (AvgIpc) is 2.09. The van der Waals surface area contributed by atoms with Gasteiger partial charge in [-0.15, -0.1) is 0 Å². The van der Waals surface area contributed by atoms with Gasteiger partial charge in [-0.2, -0.15) is 0 Å². The standard InChI is InChI=1S/C8H14O2Si2/c1-12(10-11)6-7-2-4-8(9)5-3-7/h2-5,9,12H,6H2,1,11H3. The first-order valence-corrected chi connectivity index (χ1v) is 7.29. The molecule has 0 fully saturated rings. The highest BCUT2D eigenvalue weighted by molar-refractivity contribution is 6.53. The maximum Gasteiger partial charge on any atom is 0.163 e. The maximum atomic E-state index is 9.03. The van der Waals surface area contributed by atoms with Crippen LogP contribution in [-0.4, -0.2) is 24.6 Å². The molecule has 1 aromatic carbocycles. The van der Waals surface area contributed by atoms with Crippen molar-refractivity contribution in [2.45, 2.75) is 12.6 Å². The molecule has 1 aromatic rings. The van der Waals surface area contributed by atoms with Gasteiger partial charge in [-0.3, -0.25) is 0 Å². The number of phenols is 1. The molecule has 12 heavy (non-hydrogen) atoms. The van der Waals surface area contributed by atoms with E-state index >= 15 is 0 Å². The zero-order chi connectivity index (χ0) is 8.97. The van der Waals surface area contributed by atoms with Crippen molar-refractivity contribution >= 4 is 19.5 Å². The zero-order valence-electron chi connectivity index (χ0n) is 7.45. The molecule has 0 aliphatic heterocycles. The average molecular weight is 198 g/mol. The number of benzene rings is 1.